The van der Waals surface area contributed by atoms with Crippen molar-refractivity contribution in [1.29, 1.82) is 0 Å². The Hall–Kier alpha value is -1.35. The molecule has 1 unspecified atom stereocenters. The molecular formula is C16H16BrFO. The zero-order valence-electron chi connectivity index (χ0n) is 10.6. The third-order valence-electron chi connectivity index (χ3n) is 2.98. The minimum Gasteiger partial charge on any atom is -0.494 e. The number of benzene rings is 2. The fourth-order valence-corrected chi connectivity index (χ4v) is 2.63. The van der Waals surface area contributed by atoms with Gasteiger partial charge in [-0.1, -0.05) is 46.3 Å². The zero-order valence-corrected chi connectivity index (χ0v) is 12.1. The van der Waals surface area contributed by atoms with E-state index in [9.17, 15) is 4.39 Å². The minimum atomic E-state index is -0.188. The van der Waals surface area contributed by atoms with E-state index in [2.05, 4.69) is 15.9 Å². The Labute approximate surface area is 121 Å². The first kappa shape index (κ1) is 14.1. The summed E-state index contributed by atoms with van der Waals surface area (Å²) in [5.74, 6) is 0.946. The molecule has 0 bridgehead atoms. The third-order valence-corrected chi connectivity index (χ3v) is 3.77. The minimum absolute atomic E-state index is 0.188. The highest BCUT2D eigenvalue weighted by Gasteiger charge is 2.11. The predicted octanol–water partition coefficient (Wildman–Crippen LogP) is 4.77. The van der Waals surface area contributed by atoms with Crippen LogP contribution in [0.3, 0.4) is 0 Å². The summed E-state index contributed by atoms with van der Waals surface area (Å²) in [5, 5.41) is 0.800. The van der Waals surface area contributed by atoms with E-state index in [-0.39, 0.29) is 11.7 Å². The van der Waals surface area contributed by atoms with Crippen LogP contribution in [0.5, 0.6) is 5.75 Å². The zero-order chi connectivity index (χ0) is 13.5. The Morgan fingerprint density at radius 3 is 2.53 bits per heavy atom. The fourth-order valence-electron chi connectivity index (χ4n) is 1.93. The van der Waals surface area contributed by atoms with E-state index in [1.165, 1.54) is 6.07 Å². The maximum absolute atomic E-state index is 13.2. The van der Waals surface area contributed by atoms with Crippen molar-refractivity contribution in [3.05, 3.63) is 66.0 Å². The maximum Gasteiger partial charge on any atom is 0.123 e. The average Bonchev–Trinajstić information content (AvgIpc) is 2.45. The molecule has 0 aliphatic carbocycles. The molecule has 0 heterocycles. The van der Waals surface area contributed by atoms with E-state index >= 15 is 0 Å². The molecule has 19 heavy (non-hydrogen) atoms. The van der Waals surface area contributed by atoms with E-state index in [4.69, 9.17) is 4.74 Å². The molecular weight excluding hydrogens is 307 g/mol. The van der Waals surface area contributed by atoms with Gasteiger partial charge in [0.15, 0.2) is 0 Å². The van der Waals surface area contributed by atoms with Crippen LogP contribution >= 0.6 is 15.9 Å². The van der Waals surface area contributed by atoms with Crippen LogP contribution in [0.25, 0.3) is 0 Å². The first-order valence-electron chi connectivity index (χ1n) is 6.29. The second-order valence-corrected chi connectivity index (χ2v) is 5.00. The molecule has 0 aliphatic rings. The van der Waals surface area contributed by atoms with Gasteiger partial charge in [0, 0.05) is 5.33 Å². The molecule has 100 valence electrons. The van der Waals surface area contributed by atoms with E-state index in [1.807, 2.05) is 36.4 Å². The lowest BCUT2D eigenvalue weighted by Gasteiger charge is -2.15. The Morgan fingerprint density at radius 1 is 1.05 bits per heavy atom. The summed E-state index contributed by atoms with van der Waals surface area (Å²) < 4.78 is 18.9. The Morgan fingerprint density at radius 2 is 1.84 bits per heavy atom. The van der Waals surface area contributed by atoms with Crippen LogP contribution in [0, 0.1) is 5.82 Å². The van der Waals surface area contributed by atoms with Gasteiger partial charge < -0.3 is 4.74 Å². The van der Waals surface area contributed by atoms with Crippen LogP contribution in [0.1, 0.15) is 17.9 Å². The number of hydrogen-bond donors (Lipinski definition) is 0. The average molecular weight is 323 g/mol. The van der Waals surface area contributed by atoms with Gasteiger partial charge in [-0.05, 0) is 42.2 Å². The molecule has 2 rings (SSSR count). The molecule has 0 aliphatic heterocycles. The molecule has 0 saturated carbocycles. The topological polar surface area (TPSA) is 9.23 Å². The number of ether oxygens (including phenoxy) is 1. The number of para-hydroxylation sites is 1. The van der Waals surface area contributed by atoms with Crippen molar-refractivity contribution in [1.82, 2.24) is 0 Å². The summed E-state index contributed by atoms with van der Waals surface area (Å²) in [4.78, 5) is 0. The largest absolute Gasteiger partial charge is 0.494 e. The van der Waals surface area contributed by atoms with E-state index in [0.717, 1.165) is 23.1 Å². The molecule has 0 fully saturated rings. The first-order valence-corrected chi connectivity index (χ1v) is 7.41. The van der Waals surface area contributed by atoms with Crippen molar-refractivity contribution < 1.29 is 9.13 Å². The third kappa shape index (κ3) is 4.35. The highest BCUT2D eigenvalue weighted by molar-refractivity contribution is 9.09. The normalized spacial score (nSPS) is 12.1. The van der Waals surface area contributed by atoms with Gasteiger partial charge in [-0.15, -0.1) is 0 Å². The molecule has 3 heteroatoms. The van der Waals surface area contributed by atoms with Gasteiger partial charge in [0.2, 0.25) is 0 Å². The smallest absolute Gasteiger partial charge is 0.123 e. The fraction of sp³-hybridized carbons (Fsp3) is 0.250. The molecule has 1 atom stereocenters. The molecule has 2 aromatic rings. The van der Waals surface area contributed by atoms with Crippen LogP contribution in [0.15, 0.2) is 54.6 Å². The summed E-state index contributed by atoms with van der Waals surface area (Å²) >= 11 is 3.49. The summed E-state index contributed by atoms with van der Waals surface area (Å²) in [7, 11) is 0. The van der Waals surface area contributed by atoms with E-state index in [0.29, 0.717) is 6.61 Å². The van der Waals surface area contributed by atoms with Crippen LogP contribution in [-0.2, 0) is 0 Å². The lowest BCUT2D eigenvalue weighted by molar-refractivity contribution is 0.301. The monoisotopic (exact) mass is 322 g/mol. The summed E-state index contributed by atoms with van der Waals surface area (Å²) in [5.41, 5.74) is 1.01. The SMILES string of the molecule is Fc1cccc(C(CBr)CCOc2ccccc2)c1. The van der Waals surface area contributed by atoms with Crippen molar-refractivity contribution in [2.45, 2.75) is 12.3 Å². The molecule has 1 nitrogen and oxygen atoms in total. The summed E-state index contributed by atoms with van der Waals surface area (Å²) in [6, 6.07) is 16.5. The quantitative estimate of drug-likeness (QED) is 0.696. The van der Waals surface area contributed by atoms with Crippen molar-refractivity contribution in [3.63, 3.8) is 0 Å². The van der Waals surface area contributed by atoms with Gasteiger partial charge >= 0.3 is 0 Å². The van der Waals surface area contributed by atoms with Gasteiger partial charge in [-0.25, -0.2) is 4.39 Å². The van der Waals surface area contributed by atoms with Crippen LogP contribution in [0.4, 0.5) is 4.39 Å². The van der Waals surface area contributed by atoms with Crippen LogP contribution in [-0.4, -0.2) is 11.9 Å². The van der Waals surface area contributed by atoms with Gasteiger partial charge in [0.1, 0.15) is 11.6 Å². The van der Waals surface area contributed by atoms with Crippen LogP contribution < -0.4 is 4.74 Å². The maximum atomic E-state index is 13.2. The molecule has 0 radical (unpaired) electrons. The van der Waals surface area contributed by atoms with Crippen LogP contribution in [0.2, 0.25) is 0 Å². The molecule has 0 aromatic heterocycles. The number of rotatable bonds is 6. The summed E-state index contributed by atoms with van der Waals surface area (Å²) in [6.07, 6.45) is 0.851. The number of alkyl halides is 1. The Kier molecular flexibility index (Phi) is 5.40. The predicted molar refractivity (Wildman–Crippen MR) is 79.5 cm³/mol. The molecule has 0 spiro atoms. The highest BCUT2D eigenvalue weighted by atomic mass is 79.9. The highest BCUT2D eigenvalue weighted by Crippen LogP contribution is 2.23. The standard InChI is InChI=1S/C16H16BrFO/c17-12-14(13-5-4-6-15(18)11-13)9-10-19-16-7-2-1-3-8-16/h1-8,11,14H,9-10,12H2. The molecule has 0 N–H and O–H groups in total. The lowest BCUT2D eigenvalue weighted by Crippen LogP contribution is -2.07. The van der Waals surface area contributed by atoms with Crippen molar-refractivity contribution in [2.75, 3.05) is 11.9 Å². The first-order chi connectivity index (χ1) is 9.29. The van der Waals surface area contributed by atoms with Crippen molar-refractivity contribution in [3.8, 4) is 5.75 Å². The Balaban J connectivity index is 1.89. The van der Waals surface area contributed by atoms with Gasteiger partial charge in [-0.2, -0.15) is 0 Å². The molecule has 2 aromatic carbocycles. The Bertz CT molecular complexity index is 501. The second-order valence-electron chi connectivity index (χ2n) is 4.36. The van der Waals surface area contributed by atoms with Gasteiger partial charge in [-0.3, -0.25) is 0 Å². The van der Waals surface area contributed by atoms with Crippen molar-refractivity contribution in [2.24, 2.45) is 0 Å². The molecule has 0 amide bonds. The van der Waals surface area contributed by atoms with E-state index < -0.39 is 0 Å². The van der Waals surface area contributed by atoms with Crippen molar-refractivity contribution >= 4 is 15.9 Å². The van der Waals surface area contributed by atoms with Gasteiger partial charge in [0.25, 0.3) is 0 Å². The number of halogens is 2. The number of hydrogen-bond acceptors (Lipinski definition) is 1. The van der Waals surface area contributed by atoms with Gasteiger partial charge in [0.05, 0.1) is 6.61 Å². The second kappa shape index (κ2) is 7.29. The lowest BCUT2D eigenvalue weighted by atomic mass is 9.98. The molecule has 0 saturated heterocycles. The summed E-state index contributed by atoms with van der Waals surface area (Å²) in [6.45, 7) is 0.622. The van der Waals surface area contributed by atoms with E-state index in [1.54, 1.807) is 12.1 Å².